The lowest BCUT2D eigenvalue weighted by Crippen LogP contribution is -2.75. The number of piperidine rings is 1. The molecule has 0 radical (unpaired) electrons. The zero-order valence-corrected chi connectivity index (χ0v) is 50.3. The van der Waals surface area contributed by atoms with E-state index in [2.05, 4.69) is 15.5 Å². The summed E-state index contributed by atoms with van der Waals surface area (Å²) in [7, 11) is 0. The third kappa shape index (κ3) is 30.1. The second-order valence-electron chi connectivity index (χ2n) is 20.8. The van der Waals surface area contributed by atoms with Crippen LogP contribution >= 0.6 is 0 Å². The first-order chi connectivity index (χ1) is 35.3. The largest absolute Gasteiger partial charge is 0.480 e. The molecule has 1 saturated carbocycles. The van der Waals surface area contributed by atoms with Crippen molar-refractivity contribution in [2.45, 2.75) is 188 Å². The first-order valence-corrected chi connectivity index (χ1v) is 28.5. The molecule has 0 spiro atoms. The second-order valence-corrected chi connectivity index (χ2v) is 20.8. The van der Waals surface area contributed by atoms with Gasteiger partial charge in [-0.2, -0.15) is 0 Å². The van der Waals surface area contributed by atoms with Crippen molar-refractivity contribution in [1.82, 2.24) is 20.4 Å². The molecule has 17 nitrogen and oxygen atoms in total. The van der Waals surface area contributed by atoms with Crippen molar-refractivity contribution in [3.8, 4) is 0 Å². The lowest BCUT2D eigenvalue weighted by molar-refractivity contribution is -0.150. The van der Waals surface area contributed by atoms with Crippen LogP contribution in [0.4, 0.5) is 0 Å². The van der Waals surface area contributed by atoms with Crippen molar-refractivity contribution in [3.05, 3.63) is 0 Å². The number of carboxylic acids is 1. The number of amides is 2. The number of carbonyl (C=O) groups is 9. The van der Waals surface area contributed by atoms with Gasteiger partial charge in [0.05, 0.1) is 46.2 Å². The van der Waals surface area contributed by atoms with Gasteiger partial charge in [0.2, 0.25) is 11.8 Å². The van der Waals surface area contributed by atoms with Crippen molar-refractivity contribution in [2.75, 3.05) is 85.5 Å². The summed E-state index contributed by atoms with van der Waals surface area (Å²) in [6.45, 7) is 40.3. The molecule has 3 aliphatic rings. The number of hydrogen-bond acceptors (Lipinski definition) is 14. The Hall–Kier alpha value is -3.77. The lowest BCUT2D eigenvalue weighted by Gasteiger charge is -2.49. The Morgan fingerprint density at radius 2 is 0.947 bits per heavy atom. The Morgan fingerprint density at radius 3 is 1.32 bits per heavy atom. The number of carboxylic acid groups (broad SMARTS) is 1. The fourth-order valence-electron chi connectivity index (χ4n) is 8.23. The normalized spacial score (nSPS) is 15.7. The molecule has 75 heavy (non-hydrogen) atoms. The van der Waals surface area contributed by atoms with Crippen molar-refractivity contribution in [1.29, 1.82) is 0 Å². The van der Waals surface area contributed by atoms with E-state index in [9.17, 15) is 43.2 Å². The molecule has 0 aromatic rings. The van der Waals surface area contributed by atoms with Crippen LogP contribution in [-0.2, 0) is 57.4 Å². The fourth-order valence-corrected chi connectivity index (χ4v) is 8.23. The Morgan fingerprint density at radius 1 is 0.533 bits per heavy atom. The number of ether oxygens (including phenoxy) is 3. The number of nitrogens with one attached hydrogen (secondary N) is 2. The first kappa shape index (κ1) is 75.5. The van der Waals surface area contributed by atoms with Gasteiger partial charge in [-0.1, -0.05) is 131 Å². The standard InChI is InChI=1S/C18H30N2O6.C17H29NO4.C17H31NO3.3C2H6/c1-12(2)14(21)5-7-26-8-6-15(22)19-18(17(25)13(3)4)10-20(11-18)9-16(23)24;1-12(2)14(19)6-10-22-11-9-18-16(21)17(7-5-8-17)15(20)13(3)4;1-13(2)16(19)7-11-21-12-10-18-8-5-15(6-9-18)17(20)14(3)4;3*1-2/h12-13H,5-11H2,1-4H3,(H,19,22)(H,23,24);12-13H,5-11H2,1-4H3,(H,18,21);13-15H,5-12H2,1-4H3;3*1-2H3. The van der Waals surface area contributed by atoms with Crippen LogP contribution < -0.4 is 10.6 Å². The molecule has 0 unspecified atom stereocenters. The molecule has 2 heterocycles. The summed E-state index contributed by atoms with van der Waals surface area (Å²) in [5.41, 5.74) is -1.82. The summed E-state index contributed by atoms with van der Waals surface area (Å²) in [5.74, 6) is -0.402. The summed E-state index contributed by atoms with van der Waals surface area (Å²) in [6, 6.07) is 0. The predicted octanol–water partition coefficient (Wildman–Crippen LogP) is 8.25. The van der Waals surface area contributed by atoms with Crippen LogP contribution in [0.1, 0.15) is 182 Å². The van der Waals surface area contributed by atoms with Crippen LogP contribution in [-0.4, -0.2) is 158 Å². The van der Waals surface area contributed by atoms with Crippen LogP contribution in [0.25, 0.3) is 0 Å². The third-order valence-corrected chi connectivity index (χ3v) is 12.9. The second kappa shape index (κ2) is 42.3. The fraction of sp³-hybridized carbons (Fsp3) is 0.845. The smallest absolute Gasteiger partial charge is 0.317 e. The van der Waals surface area contributed by atoms with Crippen LogP contribution in [0.3, 0.4) is 0 Å². The zero-order chi connectivity index (χ0) is 58.5. The van der Waals surface area contributed by atoms with Gasteiger partial charge >= 0.3 is 5.97 Å². The molecule has 438 valence electrons. The summed E-state index contributed by atoms with van der Waals surface area (Å²) in [6.07, 6.45) is 5.51. The average molecular weight is 1070 g/mol. The summed E-state index contributed by atoms with van der Waals surface area (Å²) in [4.78, 5) is 110. The van der Waals surface area contributed by atoms with E-state index in [-0.39, 0.29) is 121 Å². The van der Waals surface area contributed by atoms with Crippen LogP contribution in [0.2, 0.25) is 0 Å². The Labute approximate surface area is 454 Å². The number of nitrogens with zero attached hydrogens (tertiary/aromatic N) is 2. The van der Waals surface area contributed by atoms with Crippen LogP contribution in [0.15, 0.2) is 0 Å². The van der Waals surface area contributed by atoms with Gasteiger partial charge in [-0.05, 0) is 38.8 Å². The van der Waals surface area contributed by atoms with Crippen LogP contribution in [0, 0.1) is 46.8 Å². The number of ketones is 6. The molecule has 3 N–H and O–H groups in total. The van der Waals surface area contributed by atoms with Gasteiger partial charge in [0.1, 0.15) is 34.1 Å². The average Bonchev–Trinajstić information content (AvgIpc) is 3.35. The van der Waals surface area contributed by atoms with Crippen molar-refractivity contribution < 1.29 is 62.5 Å². The van der Waals surface area contributed by atoms with Crippen molar-refractivity contribution >= 4 is 52.5 Å². The van der Waals surface area contributed by atoms with Gasteiger partial charge in [0, 0.05) is 93.3 Å². The predicted molar refractivity (Wildman–Crippen MR) is 297 cm³/mol. The molecular formula is C58H108N4O13. The number of rotatable bonds is 31. The zero-order valence-electron chi connectivity index (χ0n) is 50.3. The Kier molecular flexibility index (Phi) is 42.5. The number of Topliss-reactive ketones (excluding diaryl/α,β-unsaturated/α-hetero) is 6. The van der Waals surface area contributed by atoms with Gasteiger partial charge < -0.3 is 34.9 Å². The van der Waals surface area contributed by atoms with Gasteiger partial charge in [0.25, 0.3) is 0 Å². The van der Waals surface area contributed by atoms with Crippen LogP contribution in [0.5, 0.6) is 0 Å². The van der Waals surface area contributed by atoms with E-state index in [1.807, 2.05) is 111 Å². The molecule has 2 amide bonds. The minimum Gasteiger partial charge on any atom is -0.480 e. The minimum atomic E-state index is -1.02. The third-order valence-electron chi connectivity index (χ3n) is 12.9. The monoisotopic (exact) mass is 1070 g/mol. The summed E-state index contributed by atoms with van der Waals surface area (Å²) < 4.78 is 16.2. The highest BCUT2D eigenvalue weighted by molar-refractivity contribution is 6.07. The maximum Gasteiger partial charge on any atom is 0.317 e. The Bertz CT molecular complexity index is 1660. The minimum absolute atomic E-state index is 0.0313. The van der Waals surface area contributed by atoms with Gasteiger partial charge in [0.15, 0.2) is 11.6 Å². The van der Waals surface area contributed by atoms with E-state index >= 15 is 0 Å². The molecule has 2 saturated heterocycles. The van der Waals surface area contributed by atoms with E-state index in [4.69, 9.17) is 19.3 Å². The number of aliphatic carboxylic acids is 1. The van der Waals surface area contributed by atoms with Gasteiger partial charge in [-0.25, -0.2) is 0 Å². The molecule has 0 bridgehead atoms. The summed E-state index contributed by atoms with van der Waals surface area (Å²) in [5, 5.41) is 14.4. The van der Waals surface area contributed by atoms with Crippen molar-refractivity contribution in [2.24, 2.45) is 46.8 Å². The molecule has 3 rings (SSSR count). The number of carbonyl (C=O) groups excluding carboxylic acids is 8. The molecule has 1 aliphatic carbocycles. The van der Waals surface area contributed by atoms with E-state index < -0.39 is 16.9 Å². The van der Waals surface area contributed by atoms with E-state index in [0.717, 1.165) is 38.9 Å². The highest BCUT2D eigenvalue weighted by atomic mass is 16.5. The number of hydrogen-bond donors (Lipinski definition) is 3. The van der Waals surface area contributed by atoms with E-state index in [0.29, 0.717) is 70.9 Å². The molecular weight excluding hydrogens is 961 g/mol. The highest BCUT2D eigenvalue weighted by Gasteiger charge is 2.52. The molecule has 17 heteroatoms. The lowest BCUT2D eigenvalue weighted by atomic mass is 9.63. The molecule has 0 aromatic heterocycles. The number of likely N-dealkylation sites (tertiary alicyclic amines) is 2. The molecule has 3 fully saturated rings. The molecule has 0 atom stereocenters. The maximum absolute atomic E-state index is 12.5. The van der Waals surface area contributed by atoms with Gasteiger partial charge in [-0.15, -0.1) is 0 Å². The van der Waals surface area contributed by atoms with Crippen molar-refractivity contribution in [3.63, 3.8) is 0 Å². The quantitative estimate of drug-likeness (QED) is 0.0438. The maximum atomic E-state index is 12.5. The highest BCUT2D eigenvalue weighted by Crippen LogP contribution is 2.43. The first-order valence-electron chi connectivity index (χ1n) is 28.5. The SMILES string of the molecule is CC.CC.CC.CC(C)C(=O)CCOCCC(=O)NC1(C(=O)C(C)C)CN(CC(=O)O)C1.CC(C)C(=O)CCOCCN1CCC(C(=O)C(C)C)CC1.CC(C)C(=O)CCOCCNC(=O)C1(C(=O)C(C)C)CCC1. The topological polar surface area (TPSA) is 232 Å². The molecule has 2 aliphatic heterocycles. The van der Waals surface area contributed by atoms with E-state index in [1.165, 1.54) is 0 Å². The summed E-state index contributed by atoms with van der Waals surface area (Å²) >= 11 is 0. The van der Waals surface area contributed by atoms with E-state index in [1.54, 1.807) is 18.7 Å². The molecule has 0 aromatic carbocycles. The van der Waals surface area contributed by atoms with Gasteiger partial charge in [-0.3, -0.25) is 48.1 Å². The Balaban J connectivity index is -0.000000990.